The predicted octanol–water partition coefficient (Wildman–Crippen LogP) is 5.44. The van der Waals surface area contributed by atoms with Crippen molar-refractivity contribution in [1.82, 2.24) is 0 Å². The molecule has 0 heterocycles. The number of nitrogens with one attached hydrogen (secondary N) is 1. The maximum absolute atomic E-state index is 12.9. The van der Waals surface area contributed by atoms with Gasteiger partial charge in [-0.2, -0.15) is 13.2 Å². The van der Waals surface area contributed by atoms with E-state index in [0.29, 0.717) is 17.1 Å². The quantitative estimate of drug-likeness (QED) is 0.593. The highest BCUT2D eigenvalue weighted by Gasteiger charge is 2.33. The summed E-state index contributed by atoms with van der Waals surface area (Å²) in [6.45, 7) is 1.45. The number of hydrogen-bond acceptors (Lipinski definition) is 4. The molecule has 0 bridgehead atoms. The normalized spacial score (nSPS) is 11.2. The molecular weight excluding hydrogens is 415 g/mol. The van der Waals surface area contributed by atoms with Crippen LogP contribution in [0.15, 0.2) is 36.4 Å². The molecule has 2 rings (SSSR count). The first-order chi connectivity index (χ1) is 13.1. The molecule has 0 saturated carbocycles. The van der Waals surface area contributed by atoms with E-state index in [4.69, 9.17) is 16.3 Å². The summed E-state index contributed by atoms with van der Waals surface area (Å²) in [4.78, 5) is 23.5. The van der Waals surface area contributed by atoms with Crippen molar-refractivity contribution >= 4 is 40.7 Å². The summed E-state index contributed by atoms with van der Waals surface area (Å²) in [6.07, 6.45) is -4.61. The molecule has 0 aliphatic heterocycles. The first-order valence-electron chi connectivity index (χ1n) is 8.04. The van der Waals surface area contributed by atoms with E-state index in [1.54, 1.807) is 18.2 Å². The summed E-state index contributed by atoms with van der Waals surface area (Å²) in [6, 6.07) is 8.22. The van der Waals surface area contributed by atoms with Gasteiger partial charge in [0.25, 0.3) is 0 Å². The Morgan fingerprint density at radius 1 is 1.18 bits per heavy atom. The fourth-order valence-corrected chi connectivity index (χ4v) is 3.41. The van der Waals surface area contributed by atoms with Crippen LogP contribution in [0.3, 0.4) is 0 Å². The summed E-state index contributed by atoms with van der Waals surface area (Å²) in [5.41, 5.74) is 0.282. The first-order valence-corrected chi connectivity index (χ1v) is 9.57. The largest absolute Gasteiger partial charge is 0.496 e. The van der Waals surface area contributed by atoms with Crippen LogP contribution in [-0.4, -0.2) is 24.6 Å². The second-order valence-corrected chi connectivity index (χ2v) is 7.21. The molecule has 0 atom stereocenters. The number of rotatable bonds is 7. The molecule has 0 saturated heterocycles. The summed E-state index contributed by atoms with van der Waals surface area (Å²) >= 11 is 6.80. The number of anilines is 1. The molecule has 2 aromatic rings. The molecule has 1 N–H and O–H groups in total. The molecule has 1 amide bonds. The molecule has 0 radical (unpaired) electrons. The SMILES string of the molecule is COc1ccc(C(C)=O)cc1CSCC(=O)Nc1ccc(Cl)c(C(F)(F)F)c1. The van der Waals surface area contributed by atoms with Crippen LogP contribution in [0, 0.1) is 0 Å². The Bertz CT molecular complexity index is 887. The lowest BCUT2D eigenvalue weighted by atomic mass is 10.1. The van der Waals surface area contributed by atoms with Gasteiger partial charge in [-0.05, 0) is 43.3 Å². The fourth-order valence-electron chi connectivity index (χ4n) is 2.38. The van der Waals surface area contributed by atoms with Crippen molar-refractivity contribution in [2.75, 3.05) is 18.2 Å². The Morgan fingerprint density at radius 2 is 1.89 bits per heavy atom. The van der Waals surface area contributed by atoms with Crippen LogP contribution in [0.25, 0.3) is 0 Å². The number of alkyl halides is 3. The van der Waals surface area contributed by atoms with E-state index in [9.17, 15) is 22.8 Å². The zero-order valence-electron chi connectivity index (χ0n) is 15.0. The Kier molecular flexibility index (Phi) is 7.37. The number of Topliss-reactive ketones (excluding diaryl/α,β-unsaturated/α-hetero) is 1. The van der Waals surface area contributed by atoms with Gasteiger partial charge in [0.15, 0.2) is 5.78 Å². The van der Waals surface area contributed by atoms with Gasteiger partial charge in [-0.15, -0.1) is 11.8 Å². The zero-order valence-corrected chi connectivity index (χ0v) is 16.6. The van der Waals surface area contributed by atoms with Gasteiger partial charge >= 0.3 is 6.18 Å². The topological polar surface area (TPSA) is 55.4 Å². The van der Waals surface area contributed by atoms with Crippen molar-refractivity contribution in [1.29, 1.82) is 0 Å². The Hall–Kier alpha value is -2.19. The second-order valence-electron chi connectivity index (χ2n) is 5.82. The van der Waals surface area contributed by atoms with Crippen LogP contribution in [0.1, 0.15) is 28.4 Å². The second kappa shape index (κ2) is 9.34. The summed E-state index contributed by atoms with van der Waals surface area (Å²) in [5.74, 6) is 0.450. The number of ether oxygens (including phenoxy) is 1. The maximum Gasteiger partial charge on any atom is 0.417 e. The number of amides is 1. The third-order valence-corrected chi connectivity index (χ3v) is 5.04. The number of carbonyl (C=O) groups is 2. The lowest BCUT2D eigenvalue weighted by molar-refractivity contribution is -0.137. The molecule has 28 heavy (non-hydrogen) atoms. The highest BCUT2D eigenvalue weighted by Crippen LogP contribution is 2.36. The molecule has 2 aromatic carbocycles. The molecule has 9 heteroatoms. The van der Waals surface area contributed by atoms with Crippen molar-refractivity contribution in [2.45, 2.75) is 18.9 Å². The molecule has 0 aliphatic carbocycles. The van der Waals surface area contributed by atoms with Gasteiger partial charge in [0.05, 0.1) is 23.4 Å². The highest BCUT2D eigenvalue weighted by atomic mass is 35.5. The number of methoxy groups -OCH3 is 1. The van der Waals surface area contributed by atoms with E-state index in [-0.39, 0.29) is 17.2 Å². The third-order valence-electron chi connectivity index (χ3n) is 3.73. The molecule has 0 aliphatic rings. The number of thioether (sulfide) groups is 1. The van der Waals surface area contributed by atoms with Crippen LogP contribution < -0.4 is 10.1 Å². The van der Waals surface area contributed by atoms with Gasteiger partial charge in [-0.1, -0.05) is 11.6 Å². The van der Waals surface area contributed by atoms with Crippen molar-refractivity contribution in [2.24, 2.45) is 0 Å². The molecule has 0 spiro atoms. The van der Waals surface area contributed by atoms with Crippen molar-refractivity contribution in [3.05, 3.63) is 58.1 Å². The predicted molar refractivity (Wildman–Crippen MR) is 104 cm³/mol. The Morgan fingerprint density at radius 3 is 2.50 bits per heavy atom. The number of ketones is 1. The fraction of sp³-hybridized carbons (Fsp3) is 0.263. The maximum atomic E-state index is 12.9. The standard InChI is InChI=1S/C19H17ClF3NO3S/c1-11(25)12-3-6-17(27-2)13(7-12)9-28-10-18(26)24-14-4-5-16(20)15(8-14)19(21,22)23/h3-8H,9-10H2,1-2H3,(H,24,26). The Labute approximate surface area is 169 Å². The van der Waals surface area contributed by atoms with E-state index < -0.39 is 22.7 Å². The van der Waals surface area contributed by atoms with Crippen LogP contribution in [0.2, 0.25) is 5.02 Å². The van der Waals surface area contributed by atoms with Gasteiger partial charge in [-0.25, -0.2) is 0 Å². The van der Waals surface area contributed by atoms with Crippen molar-refractivity contribution < 1.29 is 27.5 Å². The summed E-state index contributed by atoms with van der Waals surface area (Å²) in [5, 5.41) is 1.99. The average Bonchev–Trinajstić information content (AvgIpc) is 2.62. The first kappa shape index (κ1) is 22.1. The monoisotopic (exact) mass is 431 g/mol. The van der Waals surface area contributed by atoms with Crippen molar-refractivity contribution in [3.8, 4) is 5.75 Å². The van der Waals surface area contributed by atoms with Crippen LogP contribution in [0.5, 0.6) is 5.75 Å². The molecule has 4 nitrogen and oxygen atoms in total. The minimum Gasteiger partial charge on any atom is -0.496 e. The van der Waals surface area contributed by atoms with Gasteiger partial charge in [0.1, 0.15) is 5.75 Å². The lowest BCUT2D eigenvalue weighted by Gasteiger charge is -2.12. The van der Waals surface area contributed by atoms with E-state index in [1.165, 1.54) is 31.9 Å². The number of carbonyl (C=O) groups excluding carboxylic acids is 2. The molecule has 0 fully saturated rings. The smallest absolute Gasteiger partial charge is 0.417 e. The number of benzene rings is 2. The molecule has 0 aromatic heterocycles. The van der Waals surface area contributed by atoms with Gasteiger partial charge in [-0.3, -0.25) is 9.59 Å². The summed E-state index contributed by atoms with van der Waals surface area (Å²) < 4.78 is 43.9. The lowest BCUT2D eigenvalue weighted by Crippen LogP contribution is -2.15. The van der Waals surface area contributed by atoms with Crippen LogP contribution in [-0.2, 0) is 16.7 Å². The van der Waals surface area contributed by atoms with Gasteiger partial charge in [0.2, 0.25) is 5.91 Å². The number of halogens is 4. The highest BCUT2D eigenvalue weighted by molar-refractivity contribution is 7.99. The molecule has 0 unspecified atom stereocenters. The minimum absolute atomic E-state index is 0.0113. The van der Waals surface area contributed by atoms with Crippen LogP contribution in [0.4, 0.5) is 18.9 Å². The third kappa shape index (κ3) is 5.90. The Balaban J connectivity index is 1.99. The molecular formula is C19H17ClF3NO3S. The number of hydrogen-bond donors (Lipinski definition) is 1. The van der Waals surface area contributed by atoms with E-state index in [0.717, 1.165) is 17.7 Å². The van der Waals surface area contributed by atoms with E-state index in [2.05, 4.69) is 5.32 Å². The van der Waals surface area contributed by atoms with Crippen LogP contribution >= 0.6 is 23.4 Å². The zero-order chi connectivity index (χ0) is 20.9. The van der Waals surface area contributed by atoms with Gasteiger partial charge in [0, 0.05) is 22.6 Å². The molecule has 150 valence electrons. The summed E-state index contributed by atoms with van der Waals surface area (Å²) in [7, 11) is 1.50. The van der Waals surface area contributed by atoms with Crippen molar-refractivity contribution in [3.63, 3.8) is 0 Å². The van der Waals surface area contributed by atoms with E-state index in [1.807, 2.05) is 0 Å². The van der Waals surface area contributed by atoms with Gasteiger partial charge < -0.3 is 10.1 Å². The average molecular weight is 432 g/mol. The van der Waals surface area contributed by atoms with E-state index >= 15 is 0 Å². The minimum atomic E-state index is -4.61.